The van der Waals surface area contributed by atoms with E-state index in [4.69, 9.17) is 4.74 Å². The van der Waals surface area contributed by atoms with Gasteiger partial charge in [0.25, 0.3) is 0 Å². The fourth-order valence-corrected chi connectivity index (χ4v) is 2.47. The summed E-state index contributed by atoms with van der Waals surface area (Å²) in [6, 6.07) is 1.48. The van der Waals surface area contributed by atoms with Crippen molar-refractivity contribution in [1.82, 2.24) is 14.8 Å². The van der Waals surface area contributed by atoms with Gasteiger partial charge in [0.05, 0.1) is 29.2 Å². The van der Waals surface area contributed by atoms with Crippen molar-refractivity contribution in [2.24, 2.45) is 0 Å². The van der Waals surface area contributed by atoms with E-state index in [-0.39, 0.29) is 6.03 Å². The SMILES string of the molecule is CCOC(=O)c1cc(NC(=O)N2CCN(C)CC2)c(C)nc1C. The van der Waals surface area contributed by atoms with Crippen molar-refractivity contribution in [2.75, 3.05) is 45.2 Å². The van der Waals surface area contributed by atoms with Gasteiger partial charge in [0.15, 0.2) is 0 Å². The summed E-state index contributed by atoms with van der Waals surface area (Å²) in [6.07, 6.45) is 0. The smallest absolute Gasteiger partial charge is 0.340 e. The van der Waals surface area contributed by atoms with Crippen LogP contribution in [0.2, 0.25) is 0 Å². The highest BCUT2D eigenvalue weighted by molar-refractivity contribution is 5.95. The molecule has 0 unspecified atom stereocenters. The number of hydrogen-bond acceptors (Lipinski definition) is 5. The first-order valence-electron chi connectivity index (χ1n) is 7.82. The van der Waals surface area contributed by atoms with E-state index in [2.05, 4.69) is 15.2 Å². The zero-order valence-corrected chi connectivity index (χ0v) is 14.2. The van der Waals surface area contributed by atoms with Crippen molar-refractivity contribution < 1.29 is 14.3 Å². The Morgan fingerprint density at radius 1 is 1.22 bits per heavy atom. The lowest BCUT2D eigenvalue weighted by Crippen LogP contribution is -2.48. The average molecular weight is 320 g/mol. The Morgan fingerprint density at radius 3 is 2.48 bits per heavy atom. The molecule has 7 nitrogen and oxygen atoms in total. The number of nitrogens with one attached hydrogen (secondary N) is 1. The van der Waals surface area contributed by atoms with Crippen molar-refractivity contribution in [3.8, 4) is 0 Å². The number of esters is 1. The number of nitrogens with zero attached hydrogens (tertiary/aromatic N) is 3. The second-order valence-corrected chi connectivity index (χ2v) is 5.70. The maximum absolute atomic E-state index is 12.4. The molecular weight excluding hydrogens is 296 g/mol. The van der Waals surface area contributed by atoms with E-state index in [9.17, 15) is 9.59 Å². The van der Waals surface area contributed by atoms with E-state index in [1.807, 2.05) is 14.0 Å². The molecule has 1 saturated heterocycles. The van der Waals surface area contributed by atoms with Gasteiger partial charge in [0.2, 0.25) is 0 Å². The Labute approximate surface area is 136 Å². The Balaban J connectivity index is 2.14. The molecule has 0 atom stereocenters. The van der Waals surface area contributed by atoms with Gasteiger partial charge in [0.1, 0.15) is 0 Å². The van der Waals surface area contributed by atoms with Gasteiger partial charge < -0.3 is 19.9 Å². The van der Waals surface area contributed by atoms with Gasteiger partial charge in [-0.2, -0.15) is 0 Å². The van der Waals surface area contributed by atoms with Crippen LogP contribution in [0.4, 0.5) is 10.5 Å². The summed E-state index contributed by atoms with van der Waals surface area (Å²) in [6.45, 7) is 8.70. The summed E-state index contributed by atoms with van der Waals surface area (Å²) in [5.74, 6) is -0.424. The lowest BCUT2D eigenvalue weighted by atomic mass is 10.1. The number of aryl methyl sites for hydroxylation is 2. The number of amides is 2. The third-order valence-electron chi connectivity index (χ3n) is 3.93. The first kappa shape index (κ1) is 17.2. The second kappa shape index (κ2) is 7.41. The average Bonchev–Trinajstić information content (AvgIpc) is 2.50. The summed E-state index contributed by atoms with van der Waals surface area (Å²) < 4.78 is 5.03. The van der Waals surface area contributed by atoms with Crippen LogP contribution in [-0.4, -0.2) is 66.6 Å². The minimum atomic E-state index is -0.424. The number of pyridine rings is 1. The van der Waals surface area contributed by atoms with E-state index < -0.39 is 5.97 Å². The fourth-order valence-electron chi connectivity index (χ4n) is 2.47. The maximum atomic E-state index is 12.4. The van der Waals surface area contributed by atoms with Crippen LogP contribution in [0, 0.1) is 13.8 Å². The molecule has 1 aliphatic rings. The molecule has 7 heteroatoms. The second-order valence-electron chi connectivity index (χ2n) is 5.70. The number of rotatable bonds is 3. The molecule has 1 aromatic rings. The summed E-state index contributed by atoms with van der Waals surface area (Å²) >= 11 is 0. The van der Waals surface area contributed by atoms with Crippen LogP contribution in [-0.2, 0) is 4.74 Å². The number of carbonyl (C=O) groups excluding carboxylic acids is 2. The van der Waals surface area contributed by atoms with Gasteiger partial charge in [-0.1, -0.05) is 0 Å². The molecule has 0 saturated carbocycles. The third-order valence-corrected chi connectivity index (χ3v) is 3.93. The molecule has 0 spiro atoms. The van der Waals surface area contributed by atoms with E-state index >= 15 is 0 Å². The van der Waals surface area contributed by atoms with Crippen molar-refractivity contribution in [3.05, 3.63) is 23.0 Å². The highest BCUT2D eigenvalue weighted by Crippen LogP contribution is 2.19. The standard InChI is InChI=1S/C16H24N4O3/c1-5-23-15(21)13-10-14(12(3)17-11(13)2)18-16(22)20-8-6-19(4)7-9-20/h10H,5-9H2,1-4H3,(H,18,22). The van der Waals surface area contributed by atoms with Crippen molar-refractivity contribution in [2.45, 2.75) is 20.8 Å². The lowest BCUT2D eigenvalue weighted by Gasteiger charge is -2.32. The van der Waals surface area contributed by atoms with Gasteiger partial charge in [0, 0.05) is 26.2 Å². The summed E-state index contributed by atoms with van der Waals surface area (Å²) in [5, 5.41) is 2.86. The van der Waals surface area contributed by atoms with E-state index in [0.717, 1.165) is 13.1 Å². The topological polar surface area (TPSA) is 74.8 Å². The minimum Gasteiger partial charge on any atom is -0.462 e. The van der Waals surface area contributed by atoms with Crippen LogP contribution < -0.4 is 5.32 Å². The zero-order valence-electron chi connectivity index (χ0n) is 14.2. The Morgan fingerprint density at radius 2 is 1.87 bits per heavy atom. The predicted molar refractivity (Wildman–Crippen MR) is 87.8 cm³/mol. The third kappa shape index (κ3) is 4.19. The molecule has 2 amide bonds. The number of hydrogen-bond donors (Lipinski definition) is 1. The first-order valence-corrected chi connectivity index (χ1v) is 7.82. The number of ether oxygens (including phenoxy) is 1. The maximum Gasteiger partial charge on any atom is 0.340 e. The number of piperazine rings is 1. The molecule has 2 heterocycles. The van der Waals surface area contributed by atoms with Gasteiger partial charge >= 0.3 is 12.0 Å². The zero-order chi connectivity index (χ0) is 17.0. The number of anilines is 1. The molecule has 23 heavy (non-hydrogen) atoms. The van der Waals surface area contributed by atoms with Crippen LogP contribution >= 0.6 is 0 Å². The first-order chi connectivity index (χ1) is 10.9. The van der Waals surface area contributed by atoms with Gasteiger partial charge in [-0.15, -0.1) is 0 Å². The summed E-state index contributed by atoms with van der Waals surface area (Å²) in [5.41, 5.74) is 2.20. The van der Waals surface area contributed by atoms with Crippen LogP contribution in [0.1, 0.15) is 28.7 Å². The monoisotopic (exact) mass is 320 g/mol. The predicted octanol–water partition coefficient (Wildman–Crippen LogP) is 1.65. The minimum absolute atomic E-state index is 0.165. The van der Waals surface area contributed by atoms with Crippen LogP contribution in [0.25, 0.3) is 0 Å². The number of likely N-dealkylation sites (N-methyl/N-ethyl adjacent to an activating group) is 1. The van der Waals surface area contributed by atoms with Crippen molar-refractivity contribution in [1.29, 1.82) is 0 Å². The molecule has 0 bridgehead atoms. The molecule has 1 aliphatic heterocycles. The van der Waals surface area contributed by atoms with Crippen molar-refractivity contribution >= 4 is 17.7 Å². The molecule has 0 radical (unpaired) electrons. The van der Waals surface area contributed by atoms with Crippen LogP contribution in [0.3, 0.4) is 0 Å². The largest absolute Gasteiger partial charge is 0.462 e. The molecule has 2 rings (SSSR count). The van der Waals surface area contributed by atoms with Gasteiger partial charge in [-0.05, 0) is 33.9 Å². The highest BCUT2D eigenvalue weighted by Gasteiger charge is 2.21. The molecule has 0 aliphatic carbocycles. The fraction of sp³-hybridized carbons (Fsp3) is 0.562. The van der Waals surface area contributed by atoms with E-state index in [0.29, 0.717) is 42.3 Å². The highest BCUT2D eigenvalue weighted by atomic mass is 16.5. The summed E-state index contributed by atoms with van der Waals surface area (Å²) in [4.78, 5) is 32.6. The van der Waals surface area contributed by atoms with Gasteiger partial charge in [-0.25, -0.2) is 9.59 Å². The Bertz CT molecular complexity index is 595. The van der Waals surface area contributed by atoms with E-state index in [1.54, 1.807) is 24.8 Å². The number of carbonyl (C=O) groups is 2. The van der Waals surface area contributed by atoms with E-state index in [1.165, 1.54) is 0 Å². The Hall–Kier alpha value is -2.15. The molecule has 1 N–H and O–H groups in total. The Kier molecular flexibility index (Phi) is 5.54. The van der Waals surface area contributed by atoms with Gasteiger partial charge in [-0.3, -0.25) is 4.98 Å². The van der Waals surface area contributed by atoms with Crippen LogP contribution in [0.5, 0.6) is 0 Å². The normalized spacial score (nSPS) is 15.4. The molecule has 1 aromatic heterocycles. The summed E-state index contributed by atoms with van der Waals surface area (Å²) in [7, 11) is 2.04. The quantitative estimate of drug-likeness (QED) is 0.857. The molecule has 126 valence electrons. The molecule has 1 fully saturated rings. The molecule has 0 aromatic carbocycles. The molecular formula is C16H24N4O3. The van der Waals surface area contributed by atoms with Crippen molar-refractivity contribution in [3.63, 3.8) is 0 Å². The number of urea groups is 1. The number of aromatic nitrogens is 1. The lowest BCUT2D eigenvalue weighted by molar-refractivity contribution is 0.0525. The van der Waals surface area contributed by atoms with Crippen LogP contribution in [0.15, 0.2) is 6.07 Å².